The first kappa shape index (κ1) is 17.6. The van der Waals surface area contributed by atoms with E-state index in [-0.39, 0.29) is 27.5 Å². The fourth-order valence-electron chi connectivity index (χ4n) is 2.06. The average Bonchev–Trinajstić information content (AvgIpc) is 3.01. The Labute approximate surface area is 152 Å². The summed E-state index contributed by atoms with van der Waals surface area (Å²) in [4.78, 5) is 19.9. The number of hydrogen-bond acceptors (Lipinski definition) is 4. The van der Waals surface area contributed by atoms with Crippen LogP contribution >= 0.6 is 27.3 Å². The molecule has 0 unspecified atom stereocenters. The molecule has 0 saturated carbocycles. The average molecular weight is 428 g/mol. The van der Waals surface area contributed by atoms with E-state index >= 15 is 0 Å². The Bertz CT molecular complexity index is 977. The van der Waals surface area contributed by atoms with Crippen molar-refractivity contribution in [1.82, 2.24) is 9.97 Å². The van der Waals surface area contributed by atoms with Gasteiger partial charge in [0.2, 0.25) is 0 Å². The molecule has 1 N–H and O–H groups in total. The van der Waals surface area contributed by atoms with E-state index in [9.17, 15) is 18.0 Å². The molecule has 0 aliphatic carbocycles. The molecular formula is C16H9BrF3N3OS. The van der Waals surface area contributed by atoms with Crippen molar-refractivity contribution >= 4 is 38.3 Å². The molecule has 1 amide bonds. The molecule has 128 valence electrons. The van der Waals surface area contributed by atoms with Crippen LogP contribution in [0.2, 0.25) is 0 Å². The van der Waals surface area contributed by atoms with Gasteiger partial charge in [-0.1, -0.05) is 0 Å². The highest BCUT2D eigenvalue weighted by Gasteiger charge is 2.17. The quantitative estimate of drug-likeness (QED) is 0.601. The van der Waals surface area contributed by atoms with Gasteiger partial charge in [-0.25, -0.2) is 23.1 Å². The van der Waals surface area contributed by atoms with E-state index < -0.39 is 23.4 Å². The molecule has 0 saturated heterocycles. The first-order valence-electron chi connectivity index (χ1n) is 6.89. The van der Waals surface area contributed by atoms with Gasteiger partial charge < -0.3 is 0 Å². The number of aryl methyl sites for hydroxylation is 1. The highest BCUT2D eigenvalue weighted by Crippen LogP contribution is 2.29. The zero-order chi connectivity index (χ0) is 18.1. The Morgan fingerprint density at radius 2 is 1.92 bits per heavy atom. The monoisotopic (exact) mass is 427 g/mol. The van der Waals surface area contributed by atoms with Crippen molar-refractivity contribution < 1.29 is 18.0 Å². The molecule has 2 heterocycles. The van der Waals surface area contributed by atoms with E-state index in [1.807, 2.05) is 0 Å². The molecule has 0 spiro atoms. The van der Waals surface area contributed by atoms with Crippen LogP contribution < -0.4 is 5.32 Å². The molecule has 0 bridgehead atoms. The predicted molar refractivity (Wildman–Crippen MR) is 92.1 cm³/mol. The van der Waals surface area contributed by atoms with E-state index in [1.165, 1.54) is 24.4 Å². The molecule has 1 aromatic carbocycles. The number of anilines is 1. The van der Waals surface area contributed by atoms with Crippen LogP contribution in [0.1, 0.15) is 15.9 Å². The van der Waals surface area contributed by atoms with Gasteiger partial charge in [-0.05, 0) is 40.5 Å². The second kappa shape index (κ2) is 6.93. The second-order valence-electron chi connectivity index (χ2n) is 5.06. The van der Waals surface area contributed by atoms with Crippen molar-refractivity contribution in [2.45, 2.75) is 6.92 Å². The van der Waals surface area contributed by atoms with Gasteiger partial charge in [-0.2, -0.15) is 0 Å². The maximum absolute atomic E-state index is 13.9. The number of halogens is 4. The first-order chi connectivity index (χ1) is 11.8. The van der Waals surface area contributed by atoms with E-state index in [0.29, 0.717) is 4.60 Å². The van der Waals surface area contributed by atoms with E-state index in [4.69, 9.17) is 0 Å². The van der Waals surface area contributed by atoms with Gasteiger partial charge in [0.1, 0.15) is 16.2 Å². The molecule has 0 atom stereocenters. The van der Waals surface area contributed by atoms with Crippen LogP contribution in [-0.4, -0.2) is 15.9 Å². The summed E-state index contributed by atoms with van der Waals surface area (Å²) in [7, 11) is 0. The van der Waals surface area contributed by atoms with Gasteiger partial charge >= 0.3 is 0 Å². The number of nitrogens with one attached hydrogen (secondary N) is 1. The minimum Gasteiger partial charge on any atom is -0.298 e. The van der Waals surface area contributed by atoms with Gasteiger partial charge in [-0.3, -0.25) is 10.1 Å². The summed E-state index contributed by atoms with van der Waals surface area (Å²) in [5.41, 5.74) is 0.437. The summed E-state index contributed by atoms with van der Waals surface area (Å²) in [6.07, 6.45) is 0.920. The number of nitrogens with zero attached hydrogens (tertiary/aromatic N) is 2. The molecule has 0 radical (unpaired) electrons. The number of carbonyl (C=O) groups is 1. The highest BCUT2D eigenvalue weighted by molar-refractivity contribution is 9.10. The number of thiazole rings is 1. The van der Waals surface area contributed by atoms with Crippen LogP contribution in [0.3, 0.4) is 0 Å². The predicted octanol–water partition coefficient (Wildman–Crippen LogP) is 4.95. The molecule has 0 fully saturated rings. The van der Waals surface area contributed by atoms with Crippen LogP contribution in [0, 0.1) is 24.4 Å². The number of benzene rings is 1. The molecule has 25 heavy (non-hydrogen) atoms. The molecule has 0 aliphatic rings. The summed E-state index contributed by atoms with van der Waals surface area (Å²) in [5, 5.41) is 4.12. The molecule has 0 aliphatic heterocycles. The zero-order valence-electron chi connectivity index (χ0n) is 12.6. The number of pyridine rings is 1. The fraction of sp³-hybridized carbons (Fsp3) is 0.0625. The smallest absolute Gasteiger partial charge is 0.260 e. The lowest BCUT2D eigenvalue weighted by atomic mass is 10.1. The molecule has 3 aromatic rings. The summed E-state index contributed by atoms with van der Waals surface area (Å²) in [5.74, 6) is -2.89. The maximum Gasteiger partial charge on any atom is 0.260 e. The highest BCUT2D eigenvalue weighted by atomic mass is 79.9. The SMILES string of the molecule is Cc1cc(-c2csc(NC(=O)c3cc(Br)ncc3F)n2)c(F)cc1F. The third kappa shape index (κ3) is 3.72. The maximum atomic E-state index is 13.9. The van der Waals surface area contributed by atoms with Gasteiger partial charge in [0.05, 0.1) is 17.5 Å². The number of amides is 1. The van der Waals surface area contributed by atoms with Crippen LogP contribution in [0.4, 0.5) is 18.3 Å². The summed E-state index contributed by atoms with van der Waals surface area (Å²) in [6.45, 7) is 1.51. The van der Waals surface area contributed by atoms with Crippen LogP contribution in [0.15, 0.2) is 34.4 Å². The molecular weight excluding hydrogens is 419 g/mol. The van der Waals surface area contributed by atoms with E-state index in [0.717, 1.165) is 23.6 Å². The van der Waals surface area contributed by atoms with Crippen molar-refractivity contribution in [3.05, 3.63) is 63.0 Å². The van der Waals surface area contributed by atoms with E-state index in [2.05, 4.69) is 31.2 Å². The minimum absolute atomic E-state index is 0.119. The third-order valence-corrected chi connectivity index (χ3v) is 4.51. The van der Waals surface area contributed by atoms with Gasteiger partial charge in [0, 0.05) is 17.0 Å². The molecule has 4 nitrogen and oxygen atoms in total. The Morgan fingerprint density at radius 1 is 1.16 bits per heavy atom. The summed E-state index contributed by atoms with van der Waals surface area (Å²) >= 11 is 4.11. The molecule has 9 heteroatoms. The fourth-order valence-corrected chi connectivity index (χ4v) is 3.10. The zero-order valence-corrected chi connectivity index (χ0v) is 15.0. The van der Waals surface area contributed by atoms with Crippen molar-refractivity contribution in [2.75, 3.05) is 5.32 Å². The normalized spacial score (nSPS) is 10.8. The number of hydrogen-bond donors (Lipinski definition) is 1. The lowest BCUT2D eigenvalue weighted by Crippen LogP contribution is -2.14. The van der Waals surface area contributed by atoms with Crippen molar-refractivity contribution in [3.63, 3.8) is 0 Å². The number of rotatable bonds is 3. The van der Waals surface area contributed by atoms with Crippen LogP contribution in [-0.2, 0) is 0 Å². The van der Waals surface area contributed by atoms with Gasteiger partial charge in [0.15, 0.2) is 10.9 Å². The second-order valence-corrected chi connectivity index (χ2v) is 6.73. The van der Waals surface area contributed by atoms with Crippen molar-refractivity contribution in [2.24, 2.45) is 0 Å². The lowest BCUT2D eigenvalue weighted by molar-refractivity contribution is 0.102. The Balaban J connectivity index is 1.86. The van der Waals surface area contributed by atoms with E-state index in [1.54, 1.807) is 0 Å². The Kier molecular flexibility index (Phi) is 4.87. The standard InChI is InChI=1S/C16H9BrF3N3OS/c1-7-2-8(11(19)4-10(7)18)13-6-25-16(22-13)23-15(24)9-3-14(17)21-5-12(9)20/h2-6H,1H3,(H,22,23,24). The Morgan fingerprint density at radius 3 is 2.68 bits per heavy atom. The number of aromatic nitrogens is 2. The van der Waals surface area contributed by atoms with Gasteiger partial charge in [-0.15, -0.1) is 11.3 Å². The van der Waals surface area contributed by atoms with Gasteiger partial charge in [0.25, 0.3) is 5.91 Å². The van der Waals surface area contributed by atoms with Crippen molar-refractivity contribution in [3.8, 4) is 11.3 Å². The number of carbonyl (C=O) groups excluding carboxylic acids is 1. The first-order valence-corrected chi connectivity index (χ1v) is 8.56. The molecule has 2 aromatic heterocycles. The topological polar surface area (TPSA) is 54.9 Å². The summed E-state index contributed by atoms with van der Waals surface area (Å²) < 4.78 is 41.3. The summed E-state index contributed by atoms with van der Waals surface area (Å²) in [6, 6.07) is 3.36. The minimum atomic E-state index is -0.780. The van der Waals surface area contributed by atoms with Crippen LogP contribution in [0.25, 0.3) is 11.3 Å². The lowest BCUT2D eigenvalue weighted by Gasteiger charge is -2.04. The third-order valence-electron chi connectivity index (χ3n) is 3.32. The largest absolute Gasteiger partial charge is 0.298 e. The van der Waals surface area contributed by atoms with Crippen molar-refractivity contribution in [1.29, 1.82) is 0 Å². The molecule has 3 rings (SSSR count). The van der Waals surface area contributed by atoms with Crippen LogP contribution in [0.5, 0.6) is 0 Å². The Hall–Kier alpha value is -2.26.